The lowest BCUT2D eigenvalue weighted by molar-refractivity contribution is 0.323. The average molecular weight is 372 g/mol. The van der Waals surface area contributed by atoms with Crippen LogP contribution in [-0.4, -0.2) is 57.3 Å². The zero-order valence-electron chi connectivity index (χ0n) is 15.5. The number of guanidine groups is 1. The van der Waals surface area contributed by atoms with Crippen LogP contribution in [0.3, 0.4) is 0 Å². The largest absolute Gasteiger partial charge is 0.497 e. The summed E-state index contributed by atoms with van der Waals surface area (Å²) in [6, 6.07) is 14.0. The molecule has 0 spiro atoms. The van der Waals surface area contributed by atoms with Crippen molar-refractivity contribution in [2.75, 3.05) is 51.3 Å². The van der Waals surface area contributed by atoms with E-state index in [9.17, 15) is 4.39 Å². The predicted molar refractivity (Wildman–Crippen MR) is 105 cm³/mol. The van der Waals surface area contributed by atoms with E-state index >= 15 is 0 Å². The van der Waals surface area contributed by atoms with Gasteiger partial charge in [0.15, 0.2) is 5.96 Å². The Bertz CT molecular complexity index is 759. The van der Waals surface area contributed by atoms with E-state index in [0.717, 1.165) is 43.4 Å². The minimum atomic E-state index is -0.218. The molecule has 2 aromatic carbocycles. The number of anilines is 1. The fourth-order valence-electron chi connectivity index (χ4n) is 2.96. The van der Waals surface area contributed by atoms with E-state index in [1.807, 2.05) is 24.3 Å². The molecule has 0 atom stereocenters. The molecular formula is C20H25FN4O2. The second-order valence-electron chi connectivity index (χ2n) is 6.22. The summed E-state index contributed by atoms with van der Waals surface area (Å²) >= 11 is 0. The molecule has 1 aliphatic rings. The molecule has 0 bridgehead atoms. The van der Waals surface area contributed by atoms with Gasteiger partial charge in [0.25, 0.3) is 0 Å². The first-order chi connectivity index (χ1) is 13.2. The summed E-state index contributed by atoms with van der Waals surface area (Å²) < 4.78 is 23.9. The first-order valence-corrected chi connectivity index (χ1v) is 8.98. The normalized spacial score (nSPS) is 15.0. The highest BCUT2D eigenvalue weighted by molar-refractivity contribution is 5.78. The van der Waals surface area contributed by atoms with E-state index in [4.69, 9.17) is 15.2 Å². The van der Waals surface area contributed by atoms with Crippen LogP contribution in [0.4, 0.5) is 10.1 Å². The van der Waals surface area contributed by atoms with Crippen LogP contribution in [-0.2, 0) is 0 Å². The van der Waals surface area contributed by atoms with E-state index in [2.05, 4.69) is 14.8 Å². The predicted octanol–water partition coefficient (Wildman–Crippen LogP) is 2.35. The van der Waals surface area contributed by atoms with Gasteiger partial charge in [-0.25, -0.2) is 9.38 Å². The van der Waals surface area contributed by atoms with Crippen LogP contribution < -0.4 is 20.1 Å². The molecule has 144 valence electrons. The second-order valence-corrected chi connectivity index (χ2v) is 6.22. The van der Waals surface area contributed by atoms with Gasteiger partial charge in [-0.3, -0.25) is 0 Å². The number of aliphatic imine (C=N–C) groups is 1. The second kappa shape index (κ2) is 9.12. The number of hydrogen-bond donors (Lipinski definition) is 1. The van der Waals surface area contributed by atoms with E-state index in [0.29, 0.717) is 19.1 Å². The van der Waals surface area contributed by atoms with E-state index < -0.39 is 0 Å². The van der Waals surface area contributed by atoms with E-state index in [1.165, 1.54) is 12.1 Å². The number of rotatable bonds is 6. The summed E-state index contributed by atoms with van der Waals surface area (Å²) in [5.41, 5.74) is 7.14. The Kier molecular flexibility index (Phi) is 6.35. The Labute approximate surface area is 159 Å². The molecule has 27 heavy (non-hydrogen) atoms. The molecule has 2 aromatic rings. The monoisotopic (exact) mass is 372 g/mol. The van der Waals surface area contributed by atoms with Gasteiger partial charge in [0.1, 0.15) is 23.9 Å². The molecule has 0 radical (unpaired) electrons. The summed E-state index contributed by atoms with van der Waals surface area (Å²) in [5, 5.41) is 0. The Morgan fingerprint density at radius 1 is 1.07 bits per heavy atom. The minimum Gasteiger partial charge on any atom is -0.497 e. The van der Waals surface area contributed by atoms with Gasteiger partial charge < -0.3 is 25.0 Å². The lowest BCUT2D eigenvalue weighted by atomic mass is 10.2. The molecule has 6 nitrogen and oxygen atoms in total. The number of piperazine rings is 1. The number of hydrogen-bond acceptors (Lipinski definition) is 4. The molecule has 3 rings (SSSR count). The van der Waals surface area contributed by atoms with E-state index in [1.54, 1.807) is 19.2 Å². The first kappa shape index (κ1) is 18.8. The number of methoxy groups -OCH3 is 1. The molecule has 0 aliphatic carbocycles. The highest BCUT2D eigenvalue weighted by Crippen LogP contribution is 2.19. The van der Waals surface area contributed by atoms with Crippen LogP contribution in [0.1, 0.15) is 0 Å². The van der Waals surface area contributed by atoms with Crippen molar-refractivity contribution in [1.82, 2.24) is 4.90 Å². The SMILES string of the molecule is COc1cccc(OCCN=C(N)N2CCN(c3ccc(F)cc3)CC2)c1. The van der Waals surface area contributed by atoms with Gasteiger partial charge in [-0.05, 0) is 36.4 Å². The van der Waals surface area contributed by atoms with Gasteiger partial charge in [-0.1, -0.05) is 6.07 Å². The van der Waals surface area contributed by atoms with Gasteiger partial charge in [-0.15, -0.1) is 0 Å². The zero-order chi connectivity index (χ0) is 19.1. The third-order valence-electron chi connectivity index (χ3n) is 4.47. The summed E-state index contributed by atoms with van der Waals surface area (Å²) in [6.07, 6.45) is 0. The standard InChI is InChI=1S/C20H25FN4O2/c1-26-18-3-2-4-19(15-18)27-14-9-23-20(22)25-12-10-24(11-13-25)17-7-5-16(21)6-8-17/h2-8,15H,9-14H2,1H3,(H2,22,23). The summed E-state index contributed by atoms with van der Waals surface area (Å²) in [7, 11) is 1.62. The lowest BCUT2D eigenvalue weighted by Crippen LogP contribution is -2.51. The van der Waals surface area contributed by atoms with Crippen molar-refractivity contribution in [2.45, 2.75) is 0 Å². The maximum atomic E-state index is 13.0. The molecule has 1 aliphatic heterocycles. The topological polar surface area (TPSA) is 63.3 Å². The Balaban J connectivity index is 1.43. The van der Waals surface area contributed by atoms with Crippen LogP contribution in [0.5, 0.6) is 11.5 Å². The third-order valence-corrected chi connectivity index (χ3v) is 4.47. The Morgan fingerprint density at radius 2 is 1.78 bits per heavy atom. The maximum absolute atomic E-state index is 13.0. The highest BCUT2D eigenvalue weighted by Gasteiger charge is 2.18. The van der Waals surface area contributed by atoms with Crippen LogP contribution in [0.15, 0.2) is 53.5 Å². The van der Waals surface area contributed by atoms with Crippen molar-refractivity contribution in [3.63, 3.8) is 0 Å². The van der Waals surface area contributed by atoms with Crippen molar-refractivity contribution in [1.29, 1.82) is 0 Å². The Morgan fingerprint density at radius 3 is 2.48 bits per heavy atom. The van der Waals surface area contributed by atoms with Crippen molar-refractivity contribution in [3.8, 4) is 11.5 Å². The minimum absolute atomic E-state index is 0.218. The lowest BCUT2D eigenvalue weighted by Gasteiger charge is -2.36. The molecule has 0 unspecified atom stereocenters. The van der Waals surface area contributed by atoms with Crippen molar-refractivity contribution >= 4 is 11.6 Å². The molecular weight excluding hydrogens is 347 g/mol. The number of nitrogens with zero attached hydrogens (tertiary/aromatic N) is 3. The third kappa shape index (κ3) is 5.26. The molecule has 1 fully saturated rings. The molecule has 0 aromatic heterocycles. The fourth-order valence-corrected chi connectivity index (χ4v) is 2.96. The zero-order valence-corrected chi connectivity index (χ0v) is 15.5. The van der Waals surface area contributed by atoms with Gasteiger partial charge in [0.05, 0.1) is 13.7 Å². The van der Waals surface area contributed by atoms with Crippen LogP contribution in [0, 0.1) is 5.82 Å². The number of benzene rings is 2. The smallest absolute Gasteiger partial charge is 0.191 e. The maximum Gasteiger partial charge on any atom is 0.191 e. The Hall–Kier alpha value is -2.96. The van der Waals surface area contributed by atoms with Gasteiger partial charge in [0, 0.05) is 37.9 Å². The van der Waals surface area contributed by atoms with Gasteiger partial charge in [0.2, 0.25) is 0 Å². The summed E-state index contributed by atoms with van der Waals surface area (Å²) in [5.74, 6) is 1.82. The van der Waals surface area contributed by atoms with Crippen LogP contribution in [0.2, 0.25) is 0 Å². The van der Waals surface area contributed by atoms with Crippen molar-refractivity contribution < 1.29 is 13.9 Å². The molecule has 0 saturated carbocycles. The highest BCUT2D eigenvalue weighted by atomic mass is 19.1. The van der Waals surface area contributed by atoms with Crippen LogP contribution >= 0.6 is 0 Å². The molecule has 0 amide bonds. The quantitative estimate of drug-likeness (QED) is 0.479. The molecule has 7 heteroatoms. The fraction of sp³-hybridized carbons (Fsp3) is 0.350. The summed E-state index contributed by atoms with van der Waals surface area (Å²) in [4.78, 5) is 8.69. The molecule has 2 N–H and O–H groups in total. The first-order valence-electron chi connectivity index (χ1n) is 8.98. The van der Waals surface area contributed by atoms with E-state index in [-0.39, 0.29) is 5.82 Å². The van der Waals surface area contributed by atoms with Gasteiger partial charge >= 0.3 is 0 Å². The van der Waals surface area contributed by atoms with Gasteiger partial charge in [-0.2, -0.15) is 0 Å². The van der Waals surface area contributed by atoms with Crippen molar-refractivity contribution in [2.24, 2.45) is 10.7 Å². The molecule has 1 saturated heterocycles. The number of ether oxygens (including phenoxy) is 2. The summed E-state index contributed by atoms with van der Waals surface area (Å²) in [6.45, 7) is 4.14. The average Bonchev–Trinajstić information content (AvgIpc) is 2.72. The number of halogens is 1. The van der Waals surface area contributed by atoms with Crippen LogP contribution in [0.25, 0.3) is 0 Å². The van der Waals surface area contributed by atoms with Crippen molar-refractivity contribution in [3.05, 3.63) is 54.3 Å². The molecule has 1 heterocycles. The number of nitrogens with two attached hydrogens (primary N) is 1.